The number of amides is 1. The van der Waals surface area contributed by atoms with E-state index in [2.05, 4.69) is 29.6 Å². The van der Waals surface area contributed by atoms with E-state index in [-0.39, 0.29) is 11.9 Å². The van der Waals surface area contributed by atoms with Gasteiger partial charge in [-0.2, -0.15) is 0 Å². The van der Waals surface area contributed by atoms with Gasteiger partial charge in [0, 0.05) is 13.1 Å². The van der Waals surface area contributed by atoms with Crippen molar-refractivity contribution in [2.24, 2.45) is 0 Å². The number of piperazine rings is 1. The average molecular weight is 372 g/mol. The average Bonchev–Trinajstić information content (AvgIpc) is 2.76. The van der Waals surface area contributed by atoms with Gasteiger partial charge in [0.05, 0.1) is 18.8 Å². The second-order valence-electron chi connectivity index (χ2n) is 6.90. The number of methoxy groups -OCH3 is 1. The molecule has 1 aliphatic rings. The number of para-hydroxylation sites is 2. The molecule has 1 atom stereocenters. The smallest absolute Gasteiger partial charge is 0.244 e. The lowest BCUT2D eigenvalue weighted by atomic mass is 9.94. The Kier molecular flexibility index (Phi) is 5.40. The summed E-state index contributed by atoms with van der Waals surface area (Å²) in [6.07, 6.45) is 0.648. The van der Waals surface area contributed by atoms with E-state index < -0.39 is 0 Å². The van der Waals surface area contributed by atoms with E-state index in [9.17, 15) is 4.79 Å². The molecule has 1 aliphatic heterocycles. The summed E-state index contributed by atoms with van der Waals surface area (Å²) in [5, 5.41) is 3.40. The predicted molar refractivity (Wildman–Crippen MR) is 113 cm³/mol. The van der Waals surface area contributed by atoms with Crippen LogP contribution in [0.25, 0.3) is 11.1 Å². The van der Waals surface area contributed by atoms with Gasteiger partial charge in [-0.15, -0.1) is 0 Å². The molecule has 4 rings (SSSR count). The van der Waals surface area contributed by atoms with Gasteiger partial charge in [0.15, 0.2) is 0 Å². The van der Waals surface area contributed by atoms with Crippen LogP contribution in [-0.2, 0) is 11.2 Å². The van der Waals surface area contributed by atoms with Crippen LogP contribution in [0.1, 0.15) is 5.56 Å². The van der Waals surface area contributed by atoms with Gasteiger partial charge in [0.2, 0.25) is 5.91 Å². The molecule has 4 nitrogen and oxygen atoms in total. The third-order valence-electron chi connectivity index (χ3n) is 5.19. The summed E-state index contributed by atoms with van der Waals surface area (Å²) in [6.45, 7) is 1.39. The van der Waals surface area contributed by atoms with Crippen molar-refractivity contribution in [2.45, 2.75) is 12.5 Å². The van der Waals surface area contributed by atoms with Crippen LogP contribution in [-0.4, -0.2) is 32.1 Å². The van der Waals surface area contributed by atoms with Crippen molar-refractivity contribution >= 4 is 11.6 Å². The molecule has 0 bridgehead atoms. The number of nitrogens with zero attached hydrogens (tertiary/aromatic N) is 1. The summed E-state index contributed by atoms with van der Waals surface area (Å²) in [7, 11) is 1.64. The number of carbonyl (C=O) groups is 1. The van der Waals surface area contributed by atoms with Gasteiger partial charge in [-0.05, 0) is 35.2 Å². The number of carbonyl (C=O) groups excluding carboxylic acids is 1. The van der Waals surface area contributed by atoms with Gasteiger partial charge < -0.3 is 15.0 Å². The molecule has 0 unspecified atom stereocenters. The zero-order chi connectivity index (χ0) is 19.3. The van der Waals surface area contributed by atoms with E-state index in [1.165, 1.54) is 16.7 Å². The SMILES string of the molecule is COc1ccccc1N1CCN[C@@H](Cc2ccccc2-c2ccccc2)C1=O. The number of rotatable bonds is 5. The third kappa shape index (κ3) is 3.64. The van der Waals surface area contributed by atoms with Crippen LogP contribution in [0, 0.1) is 0 Å². The van der Waals surface area contributed by atoms with Crippen LogP contribution in [0.4, 0.5) is 5.69 Å². The molecule has 1 N–H and O–H groups in total. The first-order chi connectivity index (χ1) is 13.8. The van der Waals surface area contributed by atoms with Crippen LogP contribution in [0.5, 0.6) is 5.75 Å². The fourth-order valence-corrected chi connectivity index (χ4v) is 3.81. The Hall–Kier alpha value is -3.11. The van der Waals surface area contributed by atoms with Gasteiger partial charge in [0.25, 0.3) is 0 Å². The molecule has 0 aromatic heterocycles. The summed E-state index contributed by atoms with van der Waals surface area (Å²) < 4.78 is 5.46. The second kappa shape index (κ2) is 8.28. The lowest BCUT2D eigenvalue weighted by molar-refractivity contribution is -0.121. The van der Waals surface area contributed by atoms with Gasteiger partial charge >= 0.3 is 0 Å². The molecule has 4 heteroatoms. The van der Waals surface area contributed by atoms with E-state index in [1.807, 2.05) is 59.5 Å². The highest BCUT2D eigenvalue weighted by Gasteiger charge is 2.31. The van der Waals surface area contributed by atoms with Crippen molar-refractivity contribution in [3.05, 3.63) is 84.4 Å². The molecule has 1 amide bonds. The van der Waals surface area contributed by atoms with E-state index in [1.54, 1.807) is 7.11 Å². The summed E-state index contributed by atoms with van der Waals surface area (Å²) in [5.41, 5.74) is 4.34. The van der Waals surface area contributed by atoms with Crippen LogP contribution < -0.4 is 15.0 Å². The quantitative estimate of drug-likeness (QED) is 0.738. The topological polar surface area (TPSA) is 41.6 Å². The van der Waals surface area contributed by atoms with Gasteiger partial charge in [-0.25, -0.2) is 0 Å². The maximum atomic E-state index is 13.3. The van der Waals surface area contributed by atoms with Gasteiger partial charge in [-0.1, -0.05) is 66.7 Å². The first kappa shape index (κ1) is 18.3. The van der Waals surface area contributed by atoms with Crippen LogP contribution in [0.3, 0.4) is 0 Å². The maximum absolute atomic E-state index is 13.3. The summed E-state index contributed by atoms with van der Waals surface area (Å²) in [4.78, 5) is 15.1. The predicted octanol–water partition coefficient (Wildman–Crippen LogP) is 3.91. The zero-order valence-corrected chi connectivity index (χ0v) is 16.0. The minimum absolute atomic E-state index is 0.0821. The van der Waals surface area contributed by atoms with E-state index in [0.717, 1.165) is 18.0 Å². The number of hydrogen-bond acceptors (Lipinski definition) is 3. The first-order valence-electron chi connectivity index (χ1n) is 9.59. The van der Waals surface area contributed by atoms with Crippen molar-refractivity contribution in [2.75, 3.05) is 25.1 Å². The molecule has 0 radical (unpaired) electrons. The Balaban J connectivity index is 1.60. The number of ether oxygens (including phenoxy) is 1. The molecule has 0 aliphatic carbocycles. The molecule has 28 heavy (non-hydrogen) atoms. The standard InChI is InChI=1S/C24H24N2O2/c1-28-23-14-8-7-13-22(23)26-16-15-25-21(24(26)27)17-19-11-5-6-12-20(19)18-9-3-2-4-10-18/h2-14,21,25H,15-17H2,1H3/t21-/m0/s1. The highest BCUT2D eigenvalue weighted by atomic mass is 16.5. The summed E-state index contributed by atoms with van der Waals surface area (Å²) in [5.74, 6) is 0.805. The normalized spacial score (nSPS) is 16.8. The van der Waals surface area contributed by atoms with E-state index >= 15 is 0 Å². The molecule has 1 fully saturated rings. The maximum Gasteiger partial charge on any atom is 0.244 e. The van der Waals surface area contributed by atoms with Crippen molar-refractivity contribution in [1.82, 2.24) is 5.32 Å². The Bertz CT molecular complexity index is 956. The van der Waals surface area contributed by atoms with Crippen LogP contribution in [0.15, 0.2) is 78.9 Å². The highest BCUT2D eigenvalue weighted by Crippen LogP contribution is 2.30. The van der Waals surface area contributed by atoms with Crippen molar-refractivity contribution in [3.8, 4) is 16.9 Å². The number of anilines is 1. The minimum Gasteiger partial charge on any atom is -0.495 e. The fourth-order valence-electron chi connectivity index (χ4n) is 3.81. The molecule has 1 heterocycles. The number of nitrogens with one attached hydrogen (secondary N) is 1. The largest absolute Gasteiger partial charge is 0.495 e. The lowest BCUT2D eigenvalue weighted by Crippen LogP contribution is -2.56. The Labute approximate surface area is 165 Å². The Morgan fingerprint density at radius 1 is 0.964 bits per heavy atom. The van der Waals surface area contributed by atoms with Crippen molar-refractivity contribution in [3.63, 3.8) is 0 Å². The van der Waals surface area contributed by atoms with Crippen molar-refractivity contribution in [1.29, 1.82) is 0 Å². The second-order valence-corrected chi connectivity index (χ2v) is 6.90. The molecule has 3 aromatic carbocycles. The fraction of sp³-hybridized carbons (Fsp3) is 0.208. The molecular weight excluding hydrogens is 348 g/mol. The summed E-state index contributed by atoms with van der Waals surface area (Å²) in [6, 6.07) is 26.1. The minimum atomic E-state index is -0.261. The molecule has 0 spiro atoms. The van der Waals surface area contributed by atoms with E-state index in [4.69, 9.17) is 4.74 Å². The summed E-state index contributed by atoms with van der Waals surface area (Å²) >= 11 is 0. The highest BCUT2D eigenvalue weighted by molar-refractivity contribution is 5.99. The van der Waals surface area contributed by atoms with E-state index in [0.29, 0.717) is 13.0 Å². The number of benzene rings is 3. The van der Waals surface area contributed by atoms with Crippen molar-refractivity contribution < 1.29 is 9.53 Å². The zero-order valence-electron chi connectivity index (χ0n) is 16.0. The van der Waals surface area contributed by atoms with Gasteiger partial charge in [-0.3, -0.25) is 4.79 Å². The first-order valence-corrected chi connectivity index (χ1v) is 9.59. The molecule has 1 saturated heterocycles. The molecular formula is C24H24N2O2. The van der Waals surface area contributed by atoms with Crippen LogP contribution in [0.2, 0.25) is 0 Å². The third-order valence-corrected chi connectivity index (χ3v) is 5.19. The lowest BCUT2D eigenvalue weighted by Gasteiger charge is -2.34. The Morgan fingerprint density at radius 3 is 2.50 bits per heavy atom. The molecule has 3 aromatic rings. The molecule has 142 valence electrons. The molecule has 0 saturated carbocycles. The number of hydrogen-bond donors (Lipinski definition) is 1. The van der Waals surface area contributed by atoms with Crippen LogP contribution >= 0.6 is 0 Å². The Morgan fingerprint density at radius 2 is 1.68 bits per heavy atom. The monoisotopic (exact) mass is 372 g/mol. The van der Waals surface area contributed by atoms with Gasteiger partial charge in [0.1, 0.15) is 5.75 Å².